The number of para-hydroxylation sites is 1. The molecule has 1 atom stereocenters. The van der Waals surface area contributed by atoms with Crippen LogP contribution in [0.3, 0.4) is 0 Å². The van der Waals surface area contributed by atoms with Crippen molar-refractivity contribution in [3.05, 3.63) is 42.1 Å². The maximum Gasteiger partial charge on any atom is 0.0805 e. The van der Waals surface area contributed by atoms with Crippen molar-refractivity contribution in [3.63, 3.8) is 0 Å². The Balaban J connectivity index is 2.16. The number of hydrogen-bond donors (Lipinski definition) is 1. The highest BCUT2D eigenvalue weighted by Crippen LogP contribution is 2.21. The lowest BCUT2D eigenvalue weighted by atomic mass is 10.0. The van der Waals surface area contributed by atoms with Crippen molar-refractivity contribution in [2.45, 2.75) is 25.4 Å². The van der Waals surface area contributed by atoms with Gasteiger partial charge in [-0.05, 0) is 30.5 Å². The first-order valence-electron chi connectivity index (χ1n) is 5.77. The van der Waals surface area contributed by atoms with Crippen molar-refractivity contribution in [1.82, 2.24) is 4.98 Å². The van der Waals surface area contributed by atoms with Gasteiger partial charge in [-0.3, -0.25) is 4.98 Å². The Morgan fingerprint density at radius 3 is 3.00 bits per heavy atom. The molecule has 0 bridgehead atoms. The van der Waals surface area contributed by atoms with Crippen LogP contribution in [0.15, 0.2) is 36.5 Å². The molecule has 0 aliphatic rings. The van der Waals surface area contributed by atoms with E-state index in [1.165, 1.54) is 0 Å². The summed E-state index contributed by atoms with van der Waals surface area (Å²) in [7, 11) is 0. The lowest BCUT2D eigenvalue weighted by Crippen LogP contribution is -1.98. The predicted molar refractivity (Wildman–Crippen MR) is 69.4 cm³/mol. The van der Waals surface area contributed by atoms with Crippen LogP contribution in [-0.2, 0) is 0 Å². The van der Waals surface area contributed by atoms with Gasteiger partial charge in [0.1, 0.15) is 0 Å². The van der Waals surface area contributed by atoms with E-state index < -0.39 is 6.10 Å². The lowest BCUT2D eigenvalue weighted by Gasteiger charge is -2.10. The van der Waals surface area contributed by atoms with Gasteiger partial charge in [0.2, 0.25) is 0 Å². The first-order valence-corrected chi connectivity index (χ1v) is 5.77. The minimum Gasteiger partial charge on any atom is -0.388 e. The number of fused-ring (bicyclic) bond motifs is 1. The van der Waals surface area contributed by atoms with Crippen molar-refractivity contribution < 1.29 is 5.11 Å². The van der Waals surface area contributed by atoms with Crippen LogP contribution in [0.1, 0.15) is 30.9 Å². The number of nitrogens with zero attached hydrogens (tertiary/aromatic N) is 1. The number of aliphatic hydroxyl groups excluding tert-OH is 1. The molecule has 1 heterocycles. The molecule has 0 aliphatic heterocycles. The second-order valence-electron chi connectivity index (χ2n) is 4.07. The monoisotopic (exact) mass is 225 g/mol. The zero-order valence-electron chi connectivity index (χ0n) is 9.63. The Bertz CT molecular complexity index is 542. The van der Waals surface area contributed by atoms with Crippen LogP contribution in [0.4, 0.5) is 0 Å². The summed E-state index contributed by atoms with van der Waals surface area (Å²) in [6.07, 6.45) is 8.68. The van der Waals surface area contributed by atoms with E-state index in [9.17, 15) is 5.11 Å². The summed E-state index contributed by atoms with van der Waals surface area (Å²) in [5.74, 6) is 2.58. The average molecular weight is 225 g/mol. The van der Waals surface area contributed by atoms with Gasteiger partial charge >= 0.3 is 0 Å². The average Bonchev–Trinajstić information content (AvgIpc) is 2.38. The van der Waals surface area contributed by atoms with E-state index in [4.69, 9.17) is 6.42 Å². The smallest absolute Gasteiger partial charge is 0.0805 e. The van der Waals surface area contributed by atoms with Crippen LogP contribution in [0.5, 0.6) is 0 Å². The van der Waals surface area contributed by atoms with Crippen molar-refractivity contribution in [3.8, 4) is 12.3 Å². The van der Waals surface area contributed by atoms with Crippen LogP contribution >= 0.6 is 0 Å². The van der Waals surface area contributed by atoms with Gasteiger partial charge in [0.25, 0.3) is 0 Å². The van der Waals surface area contributed by atoms with Gasteiger partial charge in [-0.15, -0.1) is 12.3 Å². The van der Waals surface area contributed by atoms with E-state index in [-0.39, 0.29) is 0 Å². The van der Waals surface area contributed by atoms with E-state index in [1.807, 2.05) is 30.3 Å². The van der Waals surface area contributed by atoms with Gasteiger partial charge in [0.05, 0.1) is 11.6 Å². The van der Waals surface area contributed by atoms with Crippen molar-refractivity contribution in [2.75, 3.05) is 0 Å². The van der Waals surface area contributed by atoms with Crippen LogP contribution in [0.25, 0.3) is 10.9 Å². The Labute approximate surface area is 101 Å². The van der Waals surface area contributed by atoms with Crippen LogP contribution in [-0.4, -0.2) is 10.1 Å². The SMILES string of the molecule is C#CCCCC(O)c1cnc2ccccc2c1. The molecule has 0 saturated heterocycles. The molecule has 86 valence electrons. The molecule has 0 fully saturated rings. The molecule has 0 amide bonds. The fourth-order valence-corrected chi connectivity index (χ4v) is 1.83. The molecule has 2 heteroatoms. The quantitative estimate of drug-likeness (QED) is 0.640. The van der Waals surface area contributed by atoms with Gasteiger partial charge < -0.3 is 5.11 Å². The number of pyridine rings is 1. The molecule has 1 unspecified atom stereocenters. The van der Waals surface area contributed by atoms with Gasteiger partial charge in [-0.2, -0.15) is 0 Å². The Hall–Kier alpha value is -1.85. The summed E-state index contributed by atoms with van der Waals surface area (Å²) in [6, 6.07) is 9.88. The molecule has 17 heavy (non-hydrogen) atoms. The molecule has 0 radical (unpaired) electrons. The molecule has 1 aromatic heterocycles. The van der Waals surface area contributed by atoms with Crippen LogP contribution in [0.2, 0.25) is 0 Å². The zero-order chi connectivity index (χ0) is 12.1. The third-order valence-electron chi connectivity index (χ3n) is 2.80. The van der Waals surface area contributed by atoms with E-state index in [0.717, 1.165) is 22.9 Å². The lowest BCUT2D eigenvalue weighted by molar-refractivity contribution is 0.165. The molecule has 1 N–H and O–H groups in total. The molecular weight excluding hydrogens is 210 g/mol. The van der Waals surface area contributed by atoms with Gasteiger partial charge in [0.15, 0.2) is 0 Å². The number of aliphatic hydroxyl groups is 1. The number of benzene rings is 1. The fourth-order valence-electron chi connectivity index (χ4n) is 1.83. The largest absolute Gasteiger partial charge is 0.388 e. The number of aromatic nitrogens is 1. The summed E-state index contributed by atoms with van der Waals surface area (Å²) in [6.45, 7) is 0. The standard InChI is InChI=1S/C15H15NO/c1-2-3-4-9-15(17)13-10-12-7-5-6-8-14(12)16-11-13/h1,5-8,10-11,15,17H,3-4,9H2. The number of rotatable bonds is 4. The molecule has 0 aliphatic carbocycles. The van der Waals surface area contributed by atoms with Crippen molar-refractivity contribution in [1.29, 1.82) is 0 Å². The first kappa shape index (κ1) is 11.6. The summed E-state index contributed by atoms with van der Waals surface area (Å²) in [5.41, 5.74) is 1.81. The minimum atomic E-state index is -0.472. The van der Waals surface area contributed by atoms with E-state index in [0.29, 0.717) is 12.8 Å². The zero-order valence-corrected chi connectivity index (χ0v) is 9.63. The highest BCUT2D eigenvalue weighted by atomic mass is 16.3. The van der Waals surface area contributed by atoms with Crippen LogP contribution in [0, 0.1) is 12.3 Å². The molecule has 2 rings (SSSR count). The normalized spacial score (nSPS) is 12.2. The van der Waals surface area contributed by atoms with E-state index >= 15 is 0 Å². The minimum absolute atomic E-state index is 0.472. The Kier molecular flexibility index (Phi) is 3.74. The molecule has 2 nitrogen and oxygen atoms in total. The van der Waals surface area contributed by atoms with E-state index in [1.54, 1.807) is 6.20 Å². The van der Waals surface area contributed by atoms with E-state index in [2.05, 4.69) is 10.9 Å². The first-order chi connectivity index (χ1) is 8.31. The molecular formula is C15H15NO. The second kappa shape index (κ2) is 5.47. The number of unbranched alkanes of at least 4 members (excludes halogenated alkanes) is 1. The predicted octanol–water partition coefficient (Wildman–Crippen LogP) is 3.07. The Morgan fingerprint density at radius 2 is 2.18 bits per heavy atom. The highest BCUT2D eigenvalue weighted by molar-refractivity contribution is 5.78. The summed E-state index contributed by atoms with van der Waals surface area (Å²) < 4.78 is 0. The van der Waals surface area contributed by atoms with Gasteiger partial charge in [-0.1, -0.05) is 18.2 Å². The van der Waals surface area contributed by atoms with Crippen LogP contribution < -0.4 is 0 Å². The summed E-state index contributed by atoms with van der Waals surface area (Å²) in [5, 5.41) is 11.1. The summed E-state index contributed by atoms with van der Waals surface area (Å²) >= 11 is 0. The number of terminal acetylenes is 1. The third-order valence-corrected chi connectivity index (χ3v) is 2.80. The second-order valence-corrected chi connectivity index (χ2v) is 4.07. The number of hydrogen-bond acceptors (Lipinski definition) is 2. The van der Waals surface area contributed by atoms with Gasteiger partial charge in [0, 0.05) is 18.0 Å². The molecule has 0 spiro atoms. The topological polar surface area (TPSA) is 33.1 Å². The maximum absolute atomic E-state index is 10.00. The molecule has 0 saturated carbocycles. The molecule has 1 aromatic carbocycles. The molecule has 2 aromatic rings. The van der Waals surface area contributed by atoms with Gasteiger partial charge in [-0.25, -0.2) is 0 Å². The van der Waals surface area contributed by atoms with Crippen molar-refractivity contribution >= 4 is 10.9 Å². The fraction of sp³-hybridized carbons (Fsp3) is 0.267. The summed E-state index contributed by atoms with van der Waals surface area (Å²) in [4.78, 5) is 4.33. The third kappa shape index (κ3) is 2.83. The van der Waals surface area contributed by atoms with Crippen molar-refractivity contribution in [2.24, 2.45) is 0 Å². The Morgan fingerprint density at radius 1 is 1.35 bits per heavy atom. The highest BCUT2D eigenvalue weighted by Gasteiger charge is 2.08. The maximum atomic E-state index is 10.00.